The minimum atomic E-state index is -0.218. The summed E-state index contributed by atoms with van der Waals surface area (Å²) in [4.78, 5) is 12.6. The first-order valence-electron chi connectivity index (χ1n) is 8.32. The largest absolute Gasteiger partial charge is 0.504 e. The number of aliphatic hydroxyl groups is 1. The second kappa shape index (κ2) is 4.71. The van der Waals surface area contributed by atoms with Crippen molar-refractivity contribution >= 4 is 5.78 Å². The standard InChI is InChI=1S/C20H26O2/c1-12(2)14-11-13-7-8-15-19(3,4)9-6-10-20(15,5)16(13)18(22)17(14)21/h7-8,11-12,22H,6,9-10H2,1-5H3. The third-order valence-corrected chi connectivity index (χ3v) is 5.72. The molecule has 1 unspecified atom stereocenters. The van der Waals surface area contributed by atoms with Gasteiger partial charge in [-0.05, 0) is 35.8 Å². The Morgan fingerprint density at radius 2 is 1.82 bits per heavy atom. The normalized spacial score (nSPS) is 30.5. The second-order valence-corrected chi connectivity index (χ2v) is 8.08. The van der Waals surface area contributed by atoms with E-state index in [0.29, 0.717) is 5.57 Å². The fourth-order valence-corrected chi connectivity index (χ4v) is 4.57. The van der Waals surface area contributed by atoms with Gasteiger partial charge in [0.2, 0.25) is 5.78 Å². The van der Waals surface area contributed by atoms with Gasteiger partial charge in [-0.25, -0.2) is 0 Å². The topological polar surface area (TPSA) is 37.3 Å². The molecule has 0 aromatic carbocycles. The van der Waals surface area contributed by atoms with E-state index >= 15 is 0 Å². The molecule has 0 aliphatic heterocycles. The number of hydrogen-bond donors (Lipinski definition) is 1. The molecule has 1 N–H and O–H groups in total. The van der Waals surface area contributed by atoms with E-state index in [1.54, 1.807) is 0 Å². The first kappa shape index (κ1) is 15.3. The second-order valence-electron chi connectivity index (χ2n) is 8.08. The van der Waals surface area contributed by atoms with Crippen LogP contribution in [0, 0.1) is 16.7 Å². The molecule has 3 rings (SSSR count). The lowest BCUT2D eigenvalue weighted by Crippen LogP contribution is -2.39. The maximum Gasteiger partial charge on any atom is 0.223 e. The summed E-state index contributed by atoms with van der Waals surface area (Å²) in [5.74, 6) is -0.0886. The number of fused-ring (bicyclic) bond motifs is 3. The predicted octanol–water partition coefficient (Wildman–Crippen LogP) is 5.05. The minimum Gasteiger partial charge on any atom is -0.504 e. The predicted molar refractivity (Wildman–Crippen MR) is 89.5 cm³/mol. The van der Waals surface area contributed by atoms with Crippen LogP contribution in [0.3, 0.4) is 0 Å². The van der Waals surface area contributed by atoms with Crippen LogP contribution in [-0.4, -0.2) is 10.9 Å². The SMILES string of the molecule is CC(C)C1=CC2=CC=C3C(C)(C)CCCC3(C)C2=C(O)C1=O. The van der Waals surface area contributed by atoms with Crippen molar-refractivity contribution in [2.75, 3.05) is 0 Å². The Hall–Kier alpha value is -1.57. The molecule has 22 heavy (non-hydrogen) atoms. The van der Waals surface area contributed by atoms with Crippen LogP contribution in [0.5, 0.6) is 0 Å². The van der Waals surface area contributed by atoms with Crippen LogP contribution in [0.25, 0.3) is 0 Å². The van der Waals surface area contributed by atoms with Crippen LogP contribution in [0.4, 0.5) is 0 Å². The van der Waals surface area contributed by atoms with Gasteiger partial charge in [-0.2, -0.15) is 0 Å². The quantitative estimate of drug-likeness (QED) is 0.735. The third-order valence-electron chi connectivity index (χ3n) is 5.72. The zero-order chi connectivity index (χ0) is 16.3. The molecule has 2 heteroatoms. The van der Waals surface area contributed by atoms with Gasteiger partial charge in [0, 0.05) is 16.6 Å². The number of allylic oxidation sites excluding steroid dienone is 7. The summed E-state index contributed by atoms with van der Waals surface area (Å²) in [5.41, 5.74) is 3.84. The lowest BCUT2D eigenvalue weighted by molar-refractivity contribution is -0.115. The van der Waals surface area contributed by atoms with Gasteiger partial charge in [0.25, 0.3) is 0 Å². The molecule has 1 atom stereocenters. The summed E-state index contributed by atoms with van der Waals surface area (Å²) in [6.45, 7) is 10.7. The van der Waals surface area contributed by atoms with E-state index in [1.807, 2.05) is 19.9 Å². The van der Waals surface area contributed by atoms with E-state index in [2.05, 4.69) is 32.9 Å². The number of rotatable bonds is 1. The Labute approximate surface area is 133 Å². The molecule has 0 saturated heterocycles. The molecule has 0 bridgehead atoms. The molecule has 3 aliphatic carbocycles. The Morgan fingerprint density at radius 1 is 1.14 bits per heavy atom. The number of ketones is 1. The summed E-state index contributed by atoms with van der Waals surface area (Å²) in [5, 5.41) is 10.7. The Bertz CT molecular complexity index is 668. The molecule has 1 fully saturated rings. The van der Waals surface area contributed by atoms with Crippen molar-refractivity contribution < 1.29 is 9.90 Å². The highest BCUT2D eigenvalue weighted by Crippen LogP contribution is 2.58. The van der Waals surface area contributed by atoms with Crippen molar-refractivity contribution in [3.8, 4) is 0 Å². The molecule has 0 aromatic heterocycles. The Kier molecular flexibility index (Phi) is 3.28. The van der Waals surface area contributed by atoms with Crippen molar-refractivity contribution in [2.24, 2.45) is 16.7 Å². The monoisotopic (exact) mass is 298 g/mol. The maximum absolute atomic E-state index is 12.6. The molecular weight excluding hydrogens is 272 g/mol. The van der Waals surface area contributed by atoms with Crippen LogP contribution in [0.2, 0.25) is 0 Å². The molecule has 1 saturated carbocycles. The first-order valence-corrected chi connectivity index (χ1v) is 8.32. The maximum atomic E-state index is 12.6. The van der Waals surface area contributed by atoms with Gasteiger partial charge in [-0.3, -0.25) is 4.79 Å². The first-order chi connectivity index (χ1) is 10.2. The summed E-state index contributed by atoms with van der Waals surface area (Å²) in [7, 11) is 0. The molecule has 118 valence electrons. The average molecular weight is 298 g/mol. The Balaban J connectivity index is 2.22. The highest BCUT2D eigenvalue weighted by atomic mass is 16.3. The fourth-order valence-electron chi connectivity index (χ4n) is 4.57. The zero-order valence-corrected chi connectivity index (χ0v) is 14.3. The van der Waals surface area contributed by atoms with E-state index in [4.69, 9.17) is 0 Å². The molecule has 0 spiro atoms. The third kappa shape index (κ3) is 1.96. The van der Waals surface area contributed by atoms with Gasteiger partial charge >= 0.3 is 0 Å². The molecule has 3 aliphatic rings. The lowest BCUT2D eigenvalue weighted by atomic mass is 9.54. The van der Waals surface area contributed by atoms with Gasteiger partial charge in [-0.1, -0.05) is 58.8 Å². The highest BCUT2D eigenvalue weighted by molar-refractivity contribution is 6.10. The number of aliphatic hydroxyl groups excluding tert-OH is 1. The number of carbonyl (C=O) groups excluding carboxylic acids is 1. The van der Waals surface area contributed by atoms with Crippen LogP contribution in [0.15, 0.2) is 46.3 Å². The fraction of sp³-hybridized carbons (Fsp3) is 0.550. The van der Waals surface area contributed by atoms with Crippen LogP contribution < -0.4 is 0 Å². The molecular formula is C20H26O2. The van der Waals surface area contributed by atoms with Crippen molar-refractivity contribution in [1.29, 1.82) is 0 Å². The van der Waals surface area contributed by atoms with Gasteiger partial charge in [0.15, 0.2) is 5.76 Å². The zero-order valence-electron chi connectivity index (χ0n) is 14.3. The van der Waals surface area contributed by atoms with Gasteiger partial charge < -0.3 is 5.11 Å². The van der Waals surface area contributed by atoms with Crippen LogP contribution in [0.1, 0.15) is 53.9 Å². The van der Waals surface area contributed by atoms with Crippen molar-refractivity contribution in [2.45, 2.75) is 53.9 Å². The number of carbonyl (C=O) groups is 1. The van der Waals surface area contributed by atoms with E-state index < -0.39 is 0 Å². The average Bonchev–Trinajstić information content (AvgIpc) is 2.40. The van der Waals surface area contributed by atoms with Crippen molar-refractivity contribution in [3.63, 3.8) is 0 Å². The van der Waals surface area contributed by atoms with Gasteiger partial charge in [-0.15, -0.1) is 0 Å². The lowest BCUT2D eigenvalue weighted by Gasteiger charge is -2.49. The van der Waals surface area contributed by atoms with Gasteiger partial charge in [0.05, 0.1) is 0 Å². The van der Waals surface area contributed by atoms with Crippen LogP contribution >= 0.6 is 0 Å². The number of Topliss-reactive ketones (excluding diaryl/α,β-unsaturated/α-hetero) is 1. The molecule has 2 nitrogen and oxygen atoms in total. The summed E-state index contributed by atoms with van der Waals surface area (Å²) < 4.78 is 0. The minimum absolute atomic E-state index is 0.0248. The summed E-state index contributed by atoms with van der Waals surface area (Å²) >= 11 is 0. The number of hydrogen-bond acceptors (Lipinski definition) is 2. The van der Waals surface area contributed by atoms with Crippen molar-refractivity contribution in [3.05, 3.63) is 46.3 Å². The van der Waals surface area contributed by atoms with Crippen LogP contribution in [-0.2, 0) is 4.79 Å². The van der Waals surface area contributed by atoms with E-state index in [0.717, 1.165) is 30.4 Å². The molecule has 0 heterocycles. The molecule has 0 amide bonds. The highest BCUT2D eigenvalue weighted by Gasteiger charge is 2.48. The van der Waals surface area contributed by atoms with Gasteiger partial charge in [0.1, 0.15) is 0 Å². The molecule has 0 aromatic rings. The van der Waals surface area contributed by atoms with Crippen molar-refractivity contribution in [1.82, 2.24) is 0 Å². The smallest absolute Gasteiger partial charge is 0.223 e. The van der Waals surface area contributed by atoms with E-state index in [9.17, 15) is 9.90 Å². The van der Waals surface area contributed by atoms with E-state index in [-0.39, 0.29) is 28.3 Å². The summed E-state index contributed by atoms with van der Waals surface area (Å²) in [6, 6.07) is 0. The molecule has 0 radical (unpaired) electrons. The summed E-state index contributed by atoms with van der Waals surface area (Å²) in [6.07, 6.45) is 9.59. The Morgan fingerprint density at radius 3 is 2.45 bits per heavy atom. The van der Waals surface area contributed by atoms with E-state index in [1.165, 1.54) is 5.57 Å².